The van der Waals surface area contributed by atoms with E-state index >= 15 is 0 Å². The molecule has 1 aromatic rings. The van der Waals surface area contributed by atoms with Crippen LogP contribution in [0.25, 0.3) is 0 Å². The molecule has 1 aromatic carbocycles. The van der Waals surface area contributed by atoms with Gasteiger partial charge in [0, 0.05) is 46.3 Å². The summed E-state index contributed by atoms with van der Waals surface area (Å²) in [6.45, 7) is 4.79. The molecule has 0 bridgehead atoms. The van der Waals surface area contributed by atoms with E-state index in [1.165, 1.54) is 5.56 Å². The van der Waals surface area contributed by atoms with Crippen LogP contribution in [0.3, 0.4) is 0 Å². The molecule has 0 N–H and O–H groups in total. The Morgan fingerprint density at radius 1 is 1.17 bits per heavy atom. The van der Waals surface area contributed by atoms with Gasteiger partial charge in [-0.2, -0.15) is 0 Å². The third-order valence-corrected chi connectivity index (χ3v) is 7.35. The lowest BCUT2D eigenvalue weighted by Gasteiger charge is -2.36. The monoisotopic (exact) mass is 354 g/mol. The molecular weight excluding hydrogens is 324 g/mol. The quantitative estimate of drug-likeness (QED) is 0.629. The highest BCUT2D eigenvalue weighted by molar-refractivity contribution is 6.60. The fourth-order valence-corrected chi connectivity index (χ4v) is 4.68. The minimum atomic E-state index is -2.54. The van der Waals surface area contributed by atoms with Gasteiger partial charge in [0.05, 0.1) is 6.61 Å². The SMILES string of the molecule is CCCCC1(C)OCc2cc(CC[Si](OC)(OC)OC)ccc2O1. The average molecular weight is 355 g/mol. The van der Waals surface area contributed by atoms with Crippen LogP contribution in [0.1, 0.15) is 44.2 Å². The Kier molecular flexibility index (Phi) is 6.83. The zero-order valence-corrected chi connectivity index (χ0v) is 16.5. The molecule has 6 heteroatoms. The number of unbranched alkanes of at least 4 members (excludes halogenated alkanes) is 1. The van der Waals surface area contributed by atoms with E-state index in [-0.39, 0.29) is 0 Å². The number of benzene rings is 1. The van der Waals surface area contributed by atoms with Crippen LogP contribution in [0.5, 0.6) is 5.75 Å². The second-order valence-corrected chi connectivity index (χ2v) is 9.46. The van der Waals surface area contributed by atoms with Crippen LogP contribution in [0.4, 0.5) is 0 Å². The maximum atomic E-state index is 6.10. The summed E-state index contributed by atoms with van der Waals surface area (Å²) in [5, 5.41) is 0. The Morgan fingerprint density at radius 3 is 2.50 bits per heavy atom. The molecule has 1 aliphatic heterocycles. The van der Waals surface area contributed by atoms with Gasteiger partial charge in [0.25, 0.3) is 0 Å². The van der Waals surface area contributed by atoms with E-state index in [0.717, 1.165) is 43.0 Å². The summed E-state index contributed by atoms with van der Waals surface area (Å²) in [7, 11) is 2.40. The van der Waals surface area contributed by atoms with Gasteiger partial charge in [-0.05, 0) is 30.5 Å². The summed E-state index contributed by atoms with van der Waals surface area (Å²) in [5.74, 6) is 0.423. The molecule has 1 atom stereocenters. The van der Waals surface area contributed by atoms with Crippen molar-refractivity contribution in [2.45, 2.75) is 58.0 Å². The lowest BCUT2D eigenvalue weighted by molar-refractivity contribution is -0.198. The van der Waals surface area contributed by atoms with Crippen molar-refractivity contribution in [3.63, 3.8) is 0 Å². The maximum absolute atomic E-state index is 6.10. The van der Waals surface area contributed by atoms with E-state index in [4.69, 9.17) is 22.8 Å². The van der Waals surface area contributed by atoms with Gasteiger partial charge in [0.2, 0.25) is 5.79 Å². The van der Waals surface area contributed by atoms with E-state index in [1.54, 1.807) is 21.3 Å². The molecular formula is C18H30O5Si. The molecule has 24 heavy (non-hydrogen) atoms. The molecule has 1 heterocycles. The predicted octanol–water partition coefficient (Wildman–Crippen LogP) is 3.92. The van der Waals surface area contributed by atoms with Crippen LogP contribution in [0.2, 0.25) is 6.04 Å². The molecule has 0 aromatic heterocycles. The van der Waals surface area contributed by atoms with E-state index < -0.39 is 14.6 Å². The molecule has 1 unspecified atom stereocenters. The summed E-state index contributed by atoms with van der Waals surface area (Å²) in [6, 6.07) is 7.04. The summed E-state index contributed by atoms with van der Waals surface area (Å²) in [4.78, 5) is 0. The maximum Gasteiger partial charge on any atom is 0.500 e. The summed E-state index contributed by atoms with van der Waals surface area (Å²) < 4.78 is 28.5. The lowest BCUT2D eigenvalue weighted by atomic mass is 10.0. The van der Waals surface area contributed by atoms with Gasteiger partial charge >= 0.3 is 8.80 Å². The Morgan fingerprint density at radius 2 is 1.88 bits per heavy atom. The van der Waals surface area contributed by atoms with Gasteiger partial charge in [-0.1, -0.05) is 19.4 Å². The molecule has 0 spiro atoms. The van der Waals surface area contributed by atoms with Crippen molar-refractivity contribution >= 4 is 8.80 Å². The highest BCUT2D eigenvalue weighted by Crippen LogP contribution is 2.35. The normalized spacial score (nSPS) is 20.5. The third kappa shape index (κ3) is 4.58. The summed E-state index contributed by atoms with van der Waals surface area (Å²) >= 11 is 0. The lowest BCUT2D eigenvalue weighted by Crippen LogP contribution is -2.43. The molecule has 2 rings (SSSR count). The van der Waals surface area contributed by atoms with Crippen molar-refractivity contribution in [1.82, 2.24) is 0 Å². The van der Waals surface area contributed by atoms with E-state index in [1.807, 2.05) is 13.0 Å². The Balaban J connectivity index is 2.03. The number of hydrogen-bond acceptors (Lipinski definition) is 5. The van der Waals surface area contributed by atoms with Gasteiger partial charge in [0.1, 0.15) is 5.75 Å². The van der Waals surface area contributed by atoms with Gasteiger partial charge < -0.3 is 22.8 Å². The second-order valence-electron chi connectivity index (χ2n) is 6.37. The molecule has 0 saturated carbocycles. The van der Waals surface area contributed by atoms with Crippen molar-refractivity contribution in [2.75, 3.05) is 21.3 Å². The highest BCUT2D eigenvalue weighted by Gasteiger charge is 2.37. The first kappa shape index (κ1) is 19.4. The topological polar surface area (TPSA) is 46.2 Å². The summed E-state index contributed by atoms with van der Waals surface area (Å²) in [6.07, 6.45) is 3.98. The third-order valence-electron chi connectivity index (χ3n) is 4.62. The number of aryl methyl sites for hydroxylation is 1. The minimum absolute atomic E-state index is 0.505. The Bertz CT molecular complexity index is 524. The number of fused-ring (bicyclic) bond motifs is 1. The van der Waals surface area contributed by atoms with Crippen LogP contribution in [-0.2, 0) is 31.0 Å². The van der Waals surface area contributed by atoms with E-state index in [0.29, 0.717) is 6.61 Å². The van der Waals surface area contributed by atoms with Crippen LogP contribution in [0, 0.1) is 0 Å². The zero-order valence-electron chi connectivity index (χ0n) is 15.5. The highest BCUT2D eigenvalue weighted by atomic mass is 28.4. The van der Waals surface area contributed by atoms with Gasteiger partial charge in [0.15, 0.2) is 0 Å². The van der Waals surface area contributed by atoms with Crippen molar-refractivity contribution in [3.8, 4) is 5.75 Å². The molecule has 136 valence electrons. The Labute approximate surface area is 146 Å². The van der Waals surface area contributed by atoms with Crippen LogP contribution in [0.15, 0.2) is 18.2 Å². The smallest absolute Gasteiger partial charge is 0.462 e. The fraction of sp³-hybridized carbons (Fsp3) is 0.667. The first-order chi connectivity index (χ1) is 11.5. The zero-order chi connectivity index (χ0) is 17.6. The predicted molar refractivity (Wildman–Crippen MR) is 95.1 cm³/mol. The molecule has 0 aliphatic carbocycles. The van der Waals surface area contributed by atoms with Crippen molar-refractivity contribution < 1.29 is 22.8 Å². The molecule has 1 aliphatic rings. The number of hydrogen-bond donors (Lipinski definition) is 0. The van der Waals surface area contributed by atoms with Crippen molar-refractivity contribution in [3.05, 3.63) is 29.3 Å². The van der Waals surface area contributed by atoms with E-state index in [9.17, 15) is 0 Å². The molecule has 0 amide bonds. The van der Waals surface area contributed by atoms with Crippen LogP contribution >= 0.6 is 0 Å². The minimum Gasteiger partial charge on any atom is -0.462 e. The molecule has 0 radical (unpaired) electrons. The first-order valence-electron chi connectivity index (χ1n) is 8.60. The number of rotatable bonds is 9. The Hall–Kier alpha value is -0.923. The van der Waals surface area contributed by atoms with Gasteiger partial charge in [-0.25, -0.2) is 0 Å². The molecule has 0 saturated heterocycles. The standard InChI is InChI=1S/C18H30O5Si/c1-6-7-11-18(2)22-14-16-13-15(8-9-17(16)23-18)10-12-24(19-3,20-4)21-5/h8-9,13H,6-7,10-12,14H2,1-5H3. The van der Waals surface area contributed by atoms with Crippen molar-refractivity contribution in [2.24, 2.45) is 0 Å². The van der Waals surface area contributed by atoms with Crippen LogP contribution < -0.4 is 4.74 Å². The van der Waals surface area contributed by atoms with Crippen LogP contribution in [-0.4, -0.2) is 35.9 Å². The second kappa shape index (κ2) is 8.45. The van der Waals surface area contributed by atoms with Gasteiger partial charge in [-0.3, -0.25) is 0 Å². The first-order valence-corrected chi connectivity index (χ1v) is 10.5. The molecule has 5 nitrogen and oxygen atoms in total. The summed E-state index contributed by atoms with van der Waals surface area (Å²) in [5.41, 5.74) is 2.31. The molecule has 0 fully saturated rings. The largest absolute Gasteiger partial charge is 0.500 e. The average Bonchev–Trinajstić information content (AvgIpc) is 2.62. The van der Waals surface area contributed by atoms with Crippen molar-refractivity contribution in [1.29, 1.82) is 0 Å². The fourth-order valence-electron chi connectivity index (χ4n) is 2.97. The van der Waals surface area contributed by atoms with Gasteiger partial charge in [-0.15, -0.1) is 0 Å². The van der Waals surface area contributed by atoms with E-state index in [2.05, 4.69) is 19.1 Å². The number of ether oxygens (including phenoxy) is 2.